The van der Waals surface area contributed by atoms with Crippen molar-refractivity contribution in [3.63, 3.8) is 0 Å². The molecule has 7 heavy (non-hydrogen) atoms. The van der Waals surface area contributed by atoms with Crippen molar-refractivity contribution in [3.8, 4) is 0 Å². The van der Waals surface area contributed by atoms with Crippen LogP contribution in [0.4, 0.5) is 0 Å². The summed E-state index contributed by atoms with van der Waals surface area (Å²) in [5.41, 5.74) is 0. The number of nitrogens with one attached hydrogen (secondary N) is 1. The van der Waals surface area contributed by atoms with Crippen LogP contribution in [0.5, 0.6) is 0 Å². The predicted octanol–water partition coefficient (Wildman–Crippen LogP) is 0.397. The van der Waals surface area contributed by atoms with Crippen LogP contribution in [0.15, 0.2) is 4.99 Å². The summed E-state index contributed by atoms with van der Waals surface area (Å²) < 4.78 is 0. The first kappa shape index (κ1) is 4.62. The standard InChI is InChI=1S/C5H10N2/c1-4-3-6-5(2)7-4/h4H,3H2,1-2H3,(H,6,7)/t4-/m1/s1. The number of amidine groups is 1. The van der Waals surface area contributed by atoms with Gasteiger partial charge in [-0.1, -0.05) is 0 Å². The molecule has 0 fully saturated rings. The van der Waals surface area contributed by atoms with Crippen molar-refractivity contribution < 1.29 is 0 Å². The fourth-order valence-corrected chi connectivity index (χ4v) is 0.722. The molecule has 0 radical (unpaired) electrons. The van der Waals surface area contributed by atoms with E-state index in [1.807, 2.05) is 6.92 Å². The highest BCUT2D eigenvalue weighted by atomic mass is 15.1. The van der Waals surface area contributed by atoms with Crippen molar-refractivity contribution in [2.75, 3.05) is 6.54 Å². The summed E-state index contributed by atoms with van der Waals surface area (Å²) in [6.07, 6.45) is 0. The van der Waals surface area contributed by atoms with Crippen LogP contribution in [0.3, 0.4) is 0 Å². The molecule has 0 unspecified atom stereocenters. The number of hydrogen-bond donors (Lipinski definition) is 1. The maximum atomic E-state index is 4.12. The molecule has 0 aromatic heterocycles. The van der Waals surface area contributed by atoms with Gasteiger partial charge in [0.1, 0.15) is 0 Å². The maximum Gasteiger partial charge on any atom is 0.0935 e. The van der Waals surface area contributed by atoms with Gasteiger partial charge in [-0.15, -0.1) is 0 Å². The molecule has 40 valence electrons. The van der Waals surface area contributed by atoms with E-state index in [1.165, 1.54) is 0 Å². The van der Waals surface area contributed by atoms with Crippen molar-refractivity contribution in [2.45, 2.75) is 19.9 Å². The molecule has 0 saturated carbocycles. The predicted molar refractivity (Wildman–Crippen MR) is 30.6 cm³/mol. The molecule has 1 heterocycles. The van der Waals surface area contributed by atoms with Gasteiger partial charge in [0.2, 0.25) is 0 Å². The van der Waals surface area contributed by atoms with Gasteiger partial charge in [-0.3, -0.25) is 4.99 Å². The van der Waals surface area contributed by atoms with E-state index in [-0.39, 0.29) is 0 Å². The van der Waals surface area contributed by atoms with E-state index in [9.17, 15) is 0 Å². The van der Waals surface area contributed by atoms with Crippen LogP contribution in [0.25, 0.3) is 0 Å². The Morgan fingerprint density at radius 3 is 2.71 bits per heavy atom. The molecule has 2 heteroatoms. The second kappa shape index (κ2) is 1.52. The van der Waals surface area contributed by atoms with E-state index < -0.39 is 0 Å². The molecule has 0 amide bonds. The largest absolute Gasteiger partial charge is 0.370 e. The van der Waals surface area contributed by atoms with E-state index in [0.717, 1.165) is 12.4 Å². The van der Waals surface area contributed by atoms with Gasteiger partial charge in [0.05, 0.1) is 12.4 Å². The third kappa shape index (κ3) is 0.918. The molecule has 0 bridgehead atoms. The number of nitrogens with zero attached hydrogens (tertiary/aromatic N) is 1. The second-order valence-electron chi connectivity index (χ2n) is 1.97. The summed E-state index contributed by atoms with van der Waals surface area (Å²) in [7, 11) is 0. The van der Waals surface area contributed by atoms with Crippen LogP contribution < -0.4 is 5.32 Å². The molecule has 1 N–H and O–H groups in total. The van der Waals surface area contributed by atoms with Crippen LogP contribution in [0, 0.1) is 0 Å². The van der Waals surface area contributed by atoms with Gasteiger partial charge in [-0.05, 0) is 13.8 Å². The third-order valence-electron chi connectivity index (χ3n) is 1.06. The summed E-state index contributed by atoms with van der Waals surface area (Å²) in [6, 6.07) is 0.569. The zero-order chi connectivity index (χ0) is 5.28. The smallest absolute Gasteiger partial charge is 0.0935 e. The molecule has 1 aliphatic heterocycles. The SMILES string of the molecule is CC1=NC[C@@H](C)N1. The van der Waals surface area contributed by atoms with Crippen molar-refractivity contribution in [1.82, 2.24) is 5.32 Å². The Morgan fingerprint density at radius 1 is 1.86 bits per heavy atom. The molecular formula is C5H10N2. The molecule has 0 aromatic rings. The molecule has 1 rings (SSSR count). The summed E-state index contributed by atoms with van der Waals surface area (Å²) >= 11 is 0. The number of hydrogen-bond acceptors (Lipinski definition) is 2. The third-order valence-corrected chi connectivity index (χ3v) is 1.06. The molecular weight excluding hydrogens is 88.1 g/mol. The zero-order valence-electron chi connectivity index (χ0n) is 4.73. The van der Waals surface area contributed by atoms with Crippen LogP contribution in [0.2, 0.25) is 0 Å². The summed E-state index contributed by atoms with van der Waals surface area (Å²) in [5.74, 6) is 1.08. The van der Waals surface area contributed by atoms with Crippen LogP contribution in [-0.2, 0) is 0 Å². The van der Waals surface area contributed by atoms with Gasteiger partial charge in [-0.25, -0.2) is 0 Å². The Hall–Kier alpha value is -0.530. The Labute approximate surface area is 43.6 Å². The van der Waals surface area contributed by atoms with Gasteiger partial charge < -0.3 is 5.32 Å². The highest BCUT2D eigenvalue weighted by Gasteiger charge is 2.05. The molecule has 0 spiro atoms. The van der Waals surface area contributed by atoms with Gasteiger partial charge in [0, 0.05) is 6.04 Å². The minimum absolute atomic E-state index is 0.569. The van der Waals surface area contributed by atoms with Gasteiger partial charge >= 0.3 is 0 Å². The first-order valence-corrected chi connectivity index (χ1v) is 2.56. The first-order chi connectivity index (χ1) is 3.29. The highest BCUT2D eigenvalue weighted by Crippen LogP contribution is 1.91. The molecule has 0 saturated heterocycles. The van der Waals surface area contributed by atoms with E-state index >= 15 is 0 Å². The lowest BCUT2D eigenvalue weighted by Gasteiger charge is -1.98. The van der Waals surface area contributed by atoms with E-state index in [1.54, 1.807) is 0 Å². The lowest BCUT2D eigenvalue weighted by Crippen LogP contribution is -2.24. The summed E-state index contributed by atoms with van der Waals surface area (Å²) in [6.45, 7) is 5.06. The number of rotatable bonds is 0. The van der Waals surface area contributed by atoms with Crippen LogP contribution in [-0.4, -0.2) is 18.4 Å². The van der Waals surface area contributed by atoms with Gasteiger partial charge in [0.15, 0.2) is 0 Å². The maximum absolute atomic E-state index is 4.12. The fraction of sp³-hybridized carbons (Fsp3) is 0.800. The minimum Gasteiger partial charge on any atom is -0.370 e. The van der Waals surface area contributed by atoms with E-state index in [2.05, 4.69) is 17.2 Å². The average molecular weight is 98.1 g/mol. The first-order valence-electron chi connectivity index (χ1n) is 2.56. The van der Waals surface area contributed by atoms with Crippen LogP contribution in [0.1, 0.15) is 13.8 Å². The molecule has 2 nitrogen and oxygen atoms in total. The van der Waals surface area contributed by atoms with E-state index in [4.69, 9.17) is 0 Å². The second-order valence-corrected chi connectivity index (χ2v) is 1.97. The monoisotopic (exact) mass is 98.1 g/mol. The van der Waals surface area contributed by atoms with Crippen molar-refractivity contribution >= 4 is 5.84 Å². The zero-order valence-corrected chi connectivity index (χ0v) is 4.73. The molecule has 1 atom stereocenters. The Morgan fingerprint density at radius 2 is 2.57 bits per heavy atom. The Bertz CT molecular complexity index is 96.3. The van der Waals surface area contributed by atoms with Crippen molar-refractivity contribution in [3.05, 3.63) is 0 Å². The summed E-state index contributed by atoms with van der Waals surface area (Å²) in [4.78, 5) is 4.12. The topological polar surface area (TPSA) is 24.4 Å². The molecule has 0 aliphatic carbocycles. The number of aliphatic imine (C=N–C) groups is 1. The molecule has 0 aromatic carbocycles. The fourth-order valence-electron chi connectivity index (χ4n) is 0.722. The van der Waals surface area contributed by atoms with Gasteiger partial charge in [0.25, 0.3) is 0 Å². The quantitative estimate of drug-likeness (QED) is 0.466. The van der Waals surface area contributed by atoms with Crippen LogP contribution >= 0.6 is 0 Å². The summed E-state index contributed by atoms with van der Waals surface area (Å²) in [5, 5.41) is 3.17. The normalized spacial score (nSPS) is 29.4. The van der Waals surface area contributed by atoms with E-state index in [0.29, 0.717) is 6.04 Å². The Balaban J connectivity index is 2.42. The lowest BCUT2D eigenvalue weighted by molar-refractivity contribution is 0.725. The van der Waals surface area contributed by atoms with Crippen molar-refractivity contribution in [2.24, 2.45) is 4.99 Å². The van der Waals surface area contributed by atoms with Gasteiger partial charge in [-0.2, -0.15) is 0 Å². The lowest BCUT2D eigenvalue weighted by atomic mass is 10.4. The van der Waals surface area contributed by atoms with Crippen molar-refractivity contribution in [1.29, 1.82) is 0 Å². The minimum atomic E-state index is 0.569. The average Bonchev–Trinajstić information content (AvgIpc) is 1.87. The Kier molecular flexibility index (Phi) is 1.01. The molecule has 1 aliphatic rings. The highest BCUT2D eigenvalue weighted by molar-refractivity contribution is 5.81.